The molecule has 6 rings (SSSR count). The van der Waals surface area contributed by atoms with Crippen molar-refractivity contribution in [2.75, 3.05) is 7.11 Å². The van der Waals surface area contributed by atoms with Crippen LogP contribution in [0.25, 0.3) is 0 Å². The molecule has 2 aromatic heterocycles. The summed E-state index contributed by atoms with van der Waals surface area (Å²) >= 11 is 0. The summed E-state index contributed by atoms with van der Waals surface area (Å²) in [6.07, 6.45) is 6.04. The second-order valence-electron chi connectivity index (χ2n) is 14.8. The second-order valence-corrected chi connectivity index (χ2v) is 14.8. The number of rotatable bonds is 11. The quantitative estimate of drug-likeness (QED) is 0.133. The van der Waals surface area contributed by atoms with Crippen LogP contribution >= 0.6 is 0 Å². The lowest BCUT2D eigenvalue weighted by atomic mass is 9.63. The maximum Gasteiger partial charge on any atom is 0.306 e. The fraction of sp³-hybridized carbons (Fsp3) is 0.381. The maximum absolute atomic E-state index is 11.6. The van der Waals surface area contributed by atoms with Crippen LogP contribution in [-0.4, -0.2) is 48.8 Å². The van der Waals surface area contributed by atoms with Crippen LogP contribution in [0.15, 0.2) is 91.3 Å². The van der Waals surface area contributed by atoms with Gasteiger partial charge in [-0.05, 0) is 87.9 Å². The molecule has 0 unspecified atom stereocenters. The van der Waals surface area contributed by atoms with Gasteiger partial charge in [0.05, 0.1) is 20.0 Å². The number of aliphatic carboxylic acids is 1. The standard InChI is InChI=1S/C28H34N2O3.C14H16N2O3/c1-27(2)13-14-28(3,4)24-16-19(6-11-23(24)27)18-33-21-9-7-20(8-10-21)22(17-26(31)32)25-12-15-29-30(25)5;1-16-13(7-8-15-16)12(9-14(18)19-2)10-3-5-11(17)6-4-10/h6-12,15-16,22H,13-14,17-18H2,1-5H3,(H,31,32);3-8,12,17H,9H2,1-2H3/t22-;12-/m11/s1. The Morgan fingerprint density at radius 2 is 1.27 bits per heavy atom. The fourth-order valence-corrected chi connectivity index (χ4v) is 7.06. The van der Waals surface area contributed by atoms with Crippen LogP contribution in [0, 0.1) is 0 Å². The number of carbonyl (C=O) groups excluding carboxylic acids is 1. The zero-order valence-electron chi connectivity index (χ0n) is 31.2. The van der Waals surface area contributed by atoms with E-state index in [9.17, 15) is 19.8 Å². The van der Waals surface area contributed by atoms with E-state index in [1.165, 1.54) is 36.6 Å². The average Bonchev–Trinajstić information content (AvgIpc) is 3.75. The van der Waals surface area contributed by atoms with Gasteiger partial charge in [0.2, 0.25) is 0 Å². The molecule has 2 atom stereocenters. The molecule has 2 N–H and O–H groups in total. The molecule has 2 heterocycles. The van der Waals surface area contributed by atoms with Gasteiger partial charge in [0.15, 0.2) is 0 Å². The summed E-state index contributed by atoms with van der Waals surface area (Å²) in [6, 6.07) is 25.1. The number of benzene rings is 3. The van der Waals surface area contributed by atoms with Crippen molar-refractivity contribution in [3.63, 3.8) is 0 Å². The first-order chi connectivity index (χ1) is 24.7. The monoisotopic (exact) mass is 706 g/mol. The van der Waals surface area contributed by atoms with Gasteiger partial charge in [0.1, 0.15) is 18.1 Å². The largest absolute Gasteiger partial charge is 0.508 e. The van der Waals surface area contributed by atoms with Gasteiger partial charge in [-0.15, -0.1) is 0 Å². The van der Waals surface area contributed by atoms with Crippen molar-refractivity contribution in [3.8, 4) is 11.5 Å². The Bertz CT molecular complexity index is 1970. The van der Waals surface area contributed by atoms with Crippen LogP contribution in [0.1, 0.15) is 104 Å². The molecule has 0 amide bonds. The van der Waals surface area contributed by atoms with Gasteiger partial charge >= 0.3 is 11.9 Å². The Labute approximate surface area is 306 Å². The first-order valence-electron chi connectivity index (χ1n) is 17.6. The number of carbonyl (C=O) groups is 2. The molecule has 3 aromatic carbocycles. The molecule has 5 aromatic rings. The molecule has 0 fully saturated rings. The molecule has 0 radical (unpaired) electrons. The molecule has 0 saturated carbocycles. The Kier molecular flexibility index (Phi) is 11.6. The Morgan fingerprint density at radius 3 is 1.77 bits per heavy atom. The van der Waals surface area contributed by atoms with Gasteiger partial charge in [-0.3, -0.25) is 19.0 Å². The van der Waals surface area contributed by atoms with Crippen molar-refractivity contribution >= 4 is 11.9 Å². The van der Waals surface area contributed by atoms with E-state index >= 15 is 0 Å². The zero-order chi connectivity index (χ0) is 37.6. The summed E-state index contributed by atoms with van der Waals surface area (Å²) < 4.78 is 14.3. The van der Waals surface area contributed by atoms with E-state index in [1.807, 2.05) is 50.5 Å². The number of phenolic OH excluding ortho intramolecular Hbond substituents is 1. The predicted octanol–water partition coefficient (Wildman–Crippen LogP) is 7.78. The van der Waals surface area contributed by atoms with E-state index in [1.54, 1.807) is 46.0 Å². The molecule has 0 aliphatic heterocycles. The van der Waals surface area contributed by atoms with Crippen molar-refractivity contribution < 1.29 is 29.3 Å². The number of aromatic hydroxyl groups is 1. The first-order valence-corrected chi connectivity index (χ1v) is 17.6. The van der Waals surface area contributed by atoms with E-state index in [4.69, 9.17) is 9.47 Å². The van der Waals surface area contributed by atoms with Crippen LogP contribution in [0.3, 0.4) is 0 Å². The smallest absolute Gasteiger partial charge is 0.306 e. The molecule has 10 heteroatoms. The molecule has 274 valence electrons. The van der Waals surface area contributed by atoms with E-state index in [-0.39, 0.29) is 47.2 Å². The van der Waals surface area contributed by atoms with Gasteiger partial charge in [0.25, 0.3) is 0 Å². The Balaban J connectivity index is 0.000000233. The Hall–Kier alpha value is -5.38. The molecule has 10 nitrogen and oxygen atoms in total. The van der Waals surface area contributed by atoms with Crippen molar-refractivity contribution in [2.45, 2.75) is 82.7 Å². The van der Waals surface area contributed by atoms with Crippen LogP contribution in [0.4, 0.5) is 0 Å². The fourth-order valence-electron chi connectivity index (χ4n) is 7.06. The summed E-state index contributed by atoms with van der Waals surface area (Å²) in [7, 11) is 5.04. The normalized spacial score (nSPS) is 15.4. The van der Waals surface area contributed by atoms with Gasteiger partial charge < -0.3 is 19.7 Å². The van der Waals surface area contributed by atoms with Crippen LogP contribution in [0.2, 0.25) is 0 Å². The molecule has 1 aliphatic rings. The summed E-state index contributed by atoms with van der Waals surface area (Å²) in [5.41, 5.74) is 8.12. The minimum Gasteiger partial charge on any atom is -0.508 e. The molecule has 0 spiro atoms. The lowest BCUT2D eigenvalue weighted by Gasteiger charge is -2.42. The van der Waals surface area contributed by atoms with E-state index in [0.717, 1.165) is 28.3 Å². The van der Waals surface area contributed by atoms with Gasteiger partial charge in [-0.1, -0.05) is 70.2 Å². The van der Waals surface area contributed by atoms with Crippen molar-refractivity contribution in [1.82, 2.24) is 19.6 Å². The number of nitrogens with zero attached hydrogens (tertiary/aromatic N) is 4. The van der Waals surface area contributed by atoms with E-state index in [2.05, 4.69) is 56.1 Å². The third-order valence-corrected chi connectivity index (χ3v) is 10.3. The van der Waals surface area contributed by atoms with E-state index < -0.39 is 5.97 Å². The molecule has 0 saturated heterocycles. The minimum absolute atomic E-state index is 0.0149. The minimum atomic E-state index is -0.833. The van der Waals surface area contributed by atoms with Crippen LogP contribution < -0.4 is 4.74 Å². The van der Waals surface area contributed by atoms with Crippen molar-refractivity contribution in [3.05, 3.63) is 130 Å². The number of aromatic nitrogens is 4. The molecule has 0 bridgehead atoms. The van der Waals surface area contributed by atoms with Crippen molar-refractivity contribution in [2.24, 2.45) is 14.1 Å². The molecular weight excluding hydrogens is 656 g/mol. The number of phenols is 1. The summed E-state index contributed by atoms with van der Waals surface area (Å²) in [5, 5.41) is 27.1. The highest BCUT2D eigenvalue weighted by Crippen LogP contribution is 2.46. The number of methoxy groups -OCH3 is 1. The highest BCUT2D eigenvalue weighted by atomic mass is 16.5. The van der Waals surface area contributed by atoms with Crippen molar-refractivity contribution in [1.29, 1.82) is 0 Å². The lowest BCUT2D eigenvalue weighted by Crippen LogP contribution is -2.33. The number of esters is 1. The molecule has 1 aliphatic carbocycles. The van der Waals surface area contributed by atoms with Gasteiger partial charge in [-0.2, -0.15) is 10.2 Å². The highest BCUT2D eigenvalue weighted by Gasteiger charge is 2.37. The molecule has 52 heavy (non-hydrogen) atoms. The van der Waals surface area contributed by atoms with E-state index in [0.29, 0.717) is 6.61 Å². The zero-order valence-corrected chi connectivity index (χ0v) is 31.2. The van der Waals surface area contributed by atoms with Crippen LogP contribution in [0.5, 0.6) is 11.5 Å². The maximum atomic E-state index is 11.6. The van der Waals surface area contributed by atoms with Gasteiger partial charge in [0, 0.05) is 49.7 Å². The number of hydrogen-bond donors (Lipinski definition) is 2. The summed E-state index contributed by atoms with van der Waals surface area (Å²) in [5.74, 6) is -0.532. The molecular formula is C42H50N4O6. The highest BCUT2D eigenvalue weighted by molar-refractivity contribution is 5.71. The third kappa shape index (κ3) is 8.91. The number of carboxylic acids is 1. The number of fused-ring (bicyclic) bond motifs is 1. The summed E-state index contributed by atoms with van der Waals surface area (Å²) in [4.78, 5) is 23.0. The topological polar surface area (TPSA) is 129 Å². The predicted molar refractivity (Wildman–Crippen MR) is 200 cm³/mol. The lowest BCUT2D eigenvalue weighted by molar-refractivity contribution is -0.141. The number of ether oxygens (including phenoxy) is 2. The number of carboxylic acid groups (broad SMARTS) is 1. The number of aryl methyl sites for hydroxylation is 2. The second kappa shape index (κ2) is 15.9. The Morgan fingerprint density at radius 1 is 0.750 bits per heavy atom. The van der Waals surface area contributed by atoms with Gasteiger partial charge in [-0.25, -0.2) is 0 Å². The summed E-state index contributed by atoms with van der Waals surface area (Å²) in [6.45, 7) is 9.84. The third-order valence-electron chi connectivity index (χ3n) is 10.3. The van der Waals surface area contributed by atoms with Crippen LogP contribution in [-0.2, 0) is 45.9 Å². The SMILES string of the molecule is COC(=O)C[C@H](c1ccc(O)cc1)c1ccnn1C.Cn1nccc1[C@H](CC(=O)O)c1ccc(OCc2ccc3c(c2)C(C)(C)CCC3(C)C)cc1. The number of hydrogen-bond acceptors (Lipinski definition) is 7. The first kappa shape index (κ1) is 37.9. The average molecular weight is 707 g/mol.